The predicted octanol–water partition coefficient (Wildman–Crippen LogP) is -2.74. The minimum Gasteiger partial charge on any atom is -0.870 e. The molecule has 0 spiro atoms. The van der Waals surface area contributed by atoms with Gasteiger partial charge in [-0.1, -0.05) is 111 Å². The molecule has 12 atom stereocenters. The first-order chi connectivity index (χ1) is 47.6. The van der Waals surface area contributed by atoms with Gasteiger partial charge in [-0.05, 0) is 102 Å². The normalized spacial score (nSPS) is 21.1. The van der Waals surface area contributed by atoms with Crippen LogP contribution in [0.15, 0.2) is 127 Å². The molecular formula is C72H90N5Na2O21S2-. The molecule has 0 bridgehead atoms. The van der Waals surface area contributed by atoms with Crippen molar-refractivity contribution in [2.24, 2.45) is 0 Å². The van der Waals surface area contributed by atoms with E-state index in [1.165, 1.54) is 30.4 Å². The van der Waals surface area contributed by atoms with Crippen molar-refractivity contribution < 1.29 is 162 Å². The fourth-order valence-electron chi connectivity index (χ4n) is 11.3. The molecule has 30 heteroatoms. The van der Waals surface area contributed by atoms with Crippen LogP contribution in [0.2, 0.25) is 0 Å². The van der Waals surface area contributed by atoms with Crippen molar-refractivity contribution in [3.05, 3.63) is 150 Å². The van der Waals surface area contributed by atoms with Crippen LogP contribution >= 0.6 is 23.5 Å². The number of carbonyl (C=O) groups is 7. The third-order valence-electron chi connectivity index (χ3n) is 16.6. The first kappa shape index (κ1) is 88.7. The Bertz CT molecular complexity index is 3450. The molecule has 2 aliphatic heterocycles. The van der Waals surface area contributed by atoms with E-state index in [9.17, 15) is 74.1 Å². The number of thioether (sulfide) groups is 2. The maximum atomic E-state index is 13.6. The van der Waals surface area contributed by atoms with E-state index in [2.05, 4.69) is 26.6 Å². The number of carbonyl (C=O) groups excluding carboxylic acids is 8. The minimum absolute atomic E-state index is 0. The fourth-order valence-corrected chi connectivity index (χ4v) is 12.9. The number of carboxylic acids is 1. The summed E-state index contributed by atoms with van der Waals surface area (Å²) in [6.45, 7) is 3.68. The van der Waals surface area contributed by atoms with E-state index in [1.54, 1.807) is 73.0 Å². The monoisotopic (exact) mass is 1470 g/mol. The SMILES string of the molecule is CCCCCOc1cc(C(=O)CCCSCCCO[C@]2(C(=O)[O-])C[C@H](O)[C@@H](NC(C)=O)[C@H]([C@H](O)[C@H](O)CNC(=O)c3ccc(-c4ccccc4)cc3)O2)ccc1C(=O)NCCSCCCO[C@]1([C-]=O)C[C@H](O)[C@@H](NC(C)=O)[C@H]([C@H](O)[C@H](O)CNC(=O)c2ccc(-c3ccccc3)cc2)O1.[Na+].[Na+].[OH-]. The Labute approximate surface area is 646 Å². The molecule has 7 rings (SSSR count). The average molecular weight is 1470 g/mol. The van der Waals surface area contributed by atoms with E-state index in [4.69, 9.17) is 23.7 Å². The summed E-state index contributed by atoms with van der Waals surface area (Å²) in [6, 6.07) is 34.5. The number of carboxylic acid groups (broad SMARTS) is 1. The molecule has 0 radical (unpaired) electrons. The third kappa shape index (κ3) is 26.4. The molecule has 5 amide bonds. The molecule has 26 nitrogen and oxygen atoms in total. The predicted molar refractivity (Wildman–Crippen MR) is 370 cm³/mol. The third-order valence-corrected chi connectivity index (χ3v) is 18.8. The molecule has 0 aromatic heterocycles. The molecule has 2 aliphatic rings. The molecule has 2 fully saturated rings. The van der Waals surface area contributed by atoms with Crippen LogP contribution in [0, 0.1) is 0 Å². The number of benzene rings is 5. The molecular weight excluding hydrogens is 1380 g/mol. The van der Waals surface area contributed by atoms with Gasteiger partial charge >= 0.3 is 59.1 Å². The van der Waals surface area contributed by atoms with Gasteiger partial charge in [0.05, 0.1) is 61.1 Å². The summed E-state index contributed by atoms with van der Waals surface area (Å²) in [6.07, 6.45) is -9.36. The van der Waals surface area contributed by atoms with Crippen molar-refractivity contribution in [2.45, 2.75) is 151 Å². The number of aliphatic carboxylic acids is 1. The Morgan fingerprint density at radius 3 is 1.55 bits per heavy atom. The summed E-state index contributed by atoms with van der Waals surface area (Å²) < 4.78 is 29.4. The van der Waals surface area contributed by atoms with E-state index >= 15 is 0 Å². The van der Waals surface area contributed by atoms with Crippen LogP contribution in [0.5, 0.6) is 5.75 Å². The summed E-state index contributed by atoms with van der Waals surface area (Å²) >= 11 is 2.94. The Morgan fingerprint density at radius 2 is 1.05 bits per heavy atom. The Kier molecular flexibility index (Phi) is 39.1. The number of aliphatic hydroxyl groups is 6. The van der Waals surface area contributed by atoms with E-state index < -0.39 is 134 Å². The van der Waals surface area contributed by atoms with Crippen LogP contribution in [0.1, 0.15) is 120 Å². The Balaban J connectivity index is 0.00000735. The summed E-state index contributed by atoms with van der Waals surface area (Å²) in [5.74, 6) is -7.40. The molecule has 0 aliphatic carbocycles. The van der Waals surface area contributed by atoms with E-state index in [-0.39, 0.29) is 120 Å². The van der Waals surface area contributed by atoms with Gasteiger partial charge in [-0.15, -0.1) is 0 Å². The second-order valence-corrected chi connectivity index (χ2v) is 26.6. The number of aliphatic hydroxyl groups excluding tert-OH is 6. The van der Waals surface area contributed by atoms with Crippen molar-refractivity contribution >= 4 is 71.1 Å². The summed E-state index contributed by atoms with van der Waals surface area (Å²) in [7, 11) is 0. The van der Waals surface area contributed by atoms with Crippen molar-refractivity contribution in [1.29, 1.82) is 0 Å². The standard InChI is InChI=1S/C72H90N5O20S2.2Na.H2O/c1-4-5-12-32-93-60-39-53(55(81)20-13-35-98-36-15-34-95-72(70(91)92)41-57(83)62(77-46(3)80)66(97-72)64(87)59(85)43-75-68(89)52-27-23-50(24-28-52)48-18-10-7-11-19-48)29-30-54(60)69(90)73-31-38-99-37-14-33-94-71(44-78)40-56(82)61(76-45(2)79)65(96-71)63(86)58(84)42-74-67(88)51-25-21-49(22-26-51)47-16-8-6-9-17-47;;;/h6-11,16-19,21-30,39,56-59,61-66,82-87H,4-5,12-15,20,31-38,40-43H2,1-3H3,(H,73,90)(H,74,88)(H,75,89)(H,76,79)(H,77,80)(H,91,92);;;1H2/q-1;2*+1;/p-2/t56-,57-,58+,59+,61+,62+,63+,64+,65+,66+,71+,72+;;;/m0.../s1. The van der Waals surface area contributed by atoms with Gasteiger partial charge in [-0.3, -0.25) is 28.8 Å². The van der Waals surface area contributed by atoms with Crippen molar-refractivity contribution in [1.82, 2.24) is 26.6 Å². The maximum Gasteiger partial charge on any atom is 1.00 e. The number of nitrogens with one attached hydrogen (secondary N) is 5. The number of hydrogen-bond donors (Lipinski definition) is 11. The van der Waals surface area contributed by atoms with Gasteiger partial charge in [0, 0.05) is 81.8 Å². The molecule has 12 N–H and O–H groups in total. The van der Waals surface area contributed by atoms with Crippen molar-refractivity contribution in [3.63, 3.8) is 0 Å². The van der Waals surface area contributed by atoms with Crippen LogP contribution in [0.4, 0.5) is 0 Å². The number of ketones is 1. The number of hydrogen-bond acceptors (Lipinski definition) is 23. The van der Waals surface area contributed by atoms with Crippen molar-refractivity contribution in [3.8, 4) is 28.0 Å². The number of Topliss-reactive ketones (excluding diaryl/α,β-unsaturated/α-hetero) is 1. The molecule has 0 unspecified atom stereocenters. The van der Waals surface area contributed by atoms with Crippen LogP contribution < -0.4 is 95.5 Å². The second kappa shape index (κ2) is 45.0. The quantitative estimate of drug-likeness (QED) is 0.00820. The van der Waals surface area contributed by atoms with Crippen molar-refractivity contribution in [2.75, 3.05) is 62.5 Å². The summed E-state index contributed by atoms with van der Waals surface area (Å²) in [5.41, 5.74) is 4.80. The first-order valence-corrected chi connectivity index (χ1v) is 35.4. The zero-order valence-electron chi connectivity index (χ0n) is 58.0. The zero-order chi connectivity index (χ0) is 71.5. The van der Waals surface area contributed by atoms with Gasteiger partial charge < -0.3 is 101 Å². The van der Waals surface area contributed by atoms with E-state index in [0.717, 1.165) is 48.4 Å². The second-order valence-electron chi connectivity index (χ2n) is 24.2. The van der Waals surface area contributed by atoms with Gasteiger partial charge in [0.15, 0.2) is 5.78 Å². The topological polar surface area (TPSA) is 417 Å². The van der Waals surface area contributed by atoms with Crippen LogP contribution in [0.25, 0.3) is 22.3 Å². The van der Waals surface area contributed by atoms with E-state index in [0.29, 0.717) is 53.6 Å². The number of amides is 5. The summed E-state index contributed by atoms with van der Waals surface area (Å²) in [4.78, 5) is 103. The number of rotatable bonds is 40. The fraction of sp³-hybridized carbons (Fsp3) is 0.472. The number of ether oxygens (including phenoxy) is 5. The molecule has 2 saturated heterocycles. The molecule has 0 saturated carbocycles. The van der Waals surface area contributed by atoms with Crippen LogP contribution in [-0.2, 0) is 38.1 Å². The maximum absolute atomic E-state index is 13.6. The molecule has 2 heterocycles. The van der Waals surface area contributed by atoms with Gasteiger partial charge in [0.1, 0.15) is 36.1 Å². The Hall–Kier alpha value is -5.68. The van der Waals surface area contributed by atoms with Crippen LogP contribution in [0.3, 0.4) is 0 Å². The molecule has 102 heavy (non-hydrogen) atoms. The smallest absolute Gasteiger partial charge is 0.870 e. The first-order valence-electron chi connectivity index (χ1n) is 33.1. The number of unbranched alkanes of at least 4 members (excludes halogenated alkanes) is 2. The minimum atomic E-state index is -2.60. The zero-order valence-corrected chi connectivity index (χ0v) is 63.6. The van der Waals surface area contributed by atoms with Gasteiger partial charge in [-0.2, -0.15) is 23.5 Å². The largest absolute Gasteiger partial charge is 1.00 e. The van der Waals surface area contributed by atoms with Gasteiger partial charge in [-0.25, -0.2) is 6.29 Å². The van der Waals surface area contributed by atoms with Gasteiger partial charge in [0.2, 0.25) is 17.6 Å². The van der Waals surface area contributed by atoms with E-state index in [1.807, 2.05) is 67.6 Å². The molecule has 5 aromatic rings. The molecule has 544 valence electrons. The summed E-state index contributed by atoms with van der Waals surface area (Å²) in [5, 5.41) is 92.9. The average Bonchev–Trinajstić information content (AvgIpc) is 0.784. The van der Waals surface area contributed by atoms with Crippen LogP contribution in [-0.4, -0.2) is 219 Å². The molecule has 5 aromatic carbocycles. The van der Waals surface area contributed by atoms with Gasteiger partial charge in [0.25, 0.3) is 17.7 Å². The Morgan fingerprint density at radius 1 is 0.578 bits per heavy atom.